The molecular weight excluding hydrogens is 358 g/mol. The van der Waals surface area contributed by atoms with Crippen LogP contribution in [-0.4, -0.2) is 35.3 Å². The largest absolute Gasteiger partial charge is 0.419 e. The summed E-state index contributed by atoms with van der Waals surface area (Å²) in [7, 11) is 0. The first-order valence-corrected chi connectivity index (χ1v) is 8.67. The molecule has 1 aromatic carbocycles. The molecule has 2 heterocycles. The zero-order chi connectivity index (χ0) is 18.9. The van der Waals surface area contributed by atoms with Gasteiger partial charge in [0.05, 0.1) is 15.7 Å². The molecule has 0 amide bonds. The van der Waals surface area contributed by atoms with Crippen LogP contribution in [0.1, 0.15) is 38.8 Å². The molecule has 10 nitrogen and oxygen atoms in total. The van der Waals surface area contributed by atoms with Gasteiger partial charge < -0.3 is 4.42 Å². The minimum atomic E-state index is -0.457. The normalized spacial score (nSPS) is 12.9. The molecule has 0 saturated carbocycles. The number of hydrogen-bond donors (Lipinski definition) is 0. The minimum absolute atomic E-state index is 0.00595. The van der Waals surface area contributed by atoms with E-state index in [4.69, 9.17) is 4.42 Å². The molecule has 0 aliphatic heterocycles. The van der Waals surface area contributed by atoms with Crippen molar-refractivity contribution < 1.29 is 9.34 Å². The van der Waals surface area contributed by atoms with E-state index in [9.17, 15) is 10.1 Å². The molecule has 0 saturated heterocycles. The average Bonchev–Trinajstić information content (AvgIpc) is 3.23. The Balaban J connectivity index is 1.77. The van der Waals surface area contributed by atoms with Gasteiger partial charge in [-0.05, 0) is 50.3 Å². The molecule has 0 aliphatic rings. The molecule has 0 bridgehead atoms. The Bertz CT molecular complexity index is 914. The number of nitro benzene ring substituents is 1. The maximum atomic E-state index is 10.7. The molecule has 0 spiro atoms. The van der Waals surface area contributed by atoms with Crippen molar-refractivity contribution in [2.45, 2.75) is 43.6 Å². The minimum Gasteiger partial charge on any atom is -0.419 e. The molecule has 1 unspecified atom stereocenters. The lowest BCUT2D eigenvalue weighted by Gasteiger charge is -2.20. The zero-order valence-electron chi connectivity index (χ0n) is 14.7. The van der Waals surface area contributed by atoms with Crippen LogP contribution in [0.4, 0.5) is 5.69 Å². The van der Waals surface area contributed by atoms with Crippen molar-refractivity contribution in [2.75, 3.05) is 0 Å². The summed E-state index contributed by atoms with van der Waals surface area (Å²) < 4.78 is 7.45. The molecule has 136 valence electrons. The van der Waals surface area contributed by atoms with Gasteiger partial charge in [0.15, 0.2) is 0 Å². The summed E-state index contributed by atoms with van der Waals surface area (Å²) in [6.45, 7) is 7.95. The number of hydrogen-bond acceptors (Lipinski definition) is 9. The lowest BCUT2D eigenvalue weighted by atomic mass is 10.1. The van der Waals surface area contributed by atoms with Crippen molar-refractivity contribution in [2.24, 2.45) is 0 Å². The molecule has 0 fully saturated rings. The van der Waals surface area contributed by atoms with Crippen LogP contribution in [0.15, 0.2) is 33.8 Å². The van der Waals surface area contributed by atoms with Crippen molar-refractivity contribution in [1.29, 1.82) is 0 Å². The van der Waals surface area contributed by atoms with Gasteiger partial charge in [0.25, 0.3) is 5.69 Å². The van der Waals surface area contributed by atoms with Gasteiger partial charge >= 0.3 is 0 Å². The van der Waals surface area contributed by atoms with Crippen LogP contribution in [0.2, 0.25) is 0 Å². The predicted octanol–water partition coefficient (Wildman–Crippen LogP) is 3.24. The van der Waals surface area contributed by atoms with E-state index in [2.05, 4.69) is 25.7 Å². The van der Waals surface area contributed by atoms with E-state index >= 15 is 0 Å². The maximum Gasteiger partial charge on any atom is 0.269 e. The molecule has 1 atom stereocenters. The van der Waals surface area contributed by atoms with Crippen molar-refractivity contribution in [3.05, 3.63) is 40.3 Å². The van der Waals surface area contributed by atoms with E-state index in [0.29, 0.717) is 22.5 Å². The first-order chi connectivity index (χ1) is 12.3. The van der Waals surface area contributed by atoms with Crippen molar-refractivity contribution in [3.8, 4) is 11.5 Å². The lowest BCUT2D eigenvalue weighted by molar-refractivity contribution is -0.384. The van der Waals surface area contributed by atoms with E-state index in [-0.39, 0.29) is 16.5 Å². The van der Waals surface area contributed by atoms with Crippen LogP contribution in [0.3, 0.4) is 0 Å². The molecule has 2 aromatic heterocycles. The molecular formula is C15H17N7O3S. The maximum absolute atomic E-state index is 10.7. The van der Waals surface area contributed by atoms with Crippen LogP contribution in [-0.2, 0) is 5.54 Å². The van der Waals surface area contributed by atoms with Crippen LogP contribution >= 0.6 is 11.8 Å². The number of rotatable bonds is 5. The Morgan fingerprint density at radius 2 is 1.88 bits per heavy atom. The van der Waals surface area contributed by atoms with Crippen LogP contribution in [0.5, 0.6) is 0 Å². The van der Waals surface area contributed by atoms with E-state index in [1.54, 1.807) is 16.8 Å². The topological polar surface area (TPSA) is 126 Å². The first-order valence-electron chi connectivity index (χ1n) is 7.79. The van der Waals surface area contributed by atoms with Gasteiger partial charge in [-0.2, -0.15) is 0 Å². The van der Waals surface area contributed by atoms with Gasteiger partial charge in [-0.25, -0.2) is 4.68 Å². The monoisotopic (exact) mass is 375 g/mol. The Morgan fingerprint density at radius 1 is 1.19 bits per heavy atom. The quantitative estimate of drug-likeness (QED) is 0.375. The van der Waals surface area contributed by atoms with Crippen molar-refractivity contribution in [3.63, 3.8) is 0 Å². The number of tetrazole rings is 1. The SMILES string of the molecule is CC(Sc1nnnn1C(C)(C)C)c1nnc(-c2ccc([N+](=O)[O-])cc2)o1. The van der Waals surface area contributed by atoms with Gasteiger partial charge in [0.1, 0.15) is 0 Å². The lowest BCUT2D eigenvalue weighted by Crippen LogP contribution is -2.24. The Morgan fingerprint density at radius 3 is 2.50 bits per heavy atom. The van der Waals surface area contributed by atoms with E-state index in [1.165, 1.54) is 23.9 Å². The standard InChI is InChI=1S/C15H17N7O3S/c1-9(26-14-18-19-20-21(14)15(2,3)4)12-16-17-13(25-12)10-5-7-11(8-6-10)22(23)24/h5-9H,1-4H3. The number of nitrogens with zero attached hydrogens (tertiary/aromatic N) is 7. The number of benzene rings is 1. The predicted molar refractivity (Wildman–Crippen MR) is 93.5 cm³/mol. The summed E-state index contributed by atoms with van der Waals surface area (Å²) in [6, 6.07) is 5.95. The number of non-ortho nitro benzene ring substituents is 1. The van der Waals surface area contributed by atoms with Crippen LogP contribution < -0.4 is 0 Å². The smallest absolute Gasteiger partial charge is 0.269 e. The number of nitro groups is 1. The van der Waals surface area contributed by atoms with Gasteiger partial charge in [-0.15, -0.1) is 15.3 Å². The summed E-state index contributed by atoms with van der Waals surface area (Å²) in [5.74, 6) is 0.726. The number of thioether (sulfide) groups is 1. The molecule has 0 N–H and O–H groups in total. The fraction of sp³-hybridized carbons (Fsp3) is 0.400. The summed E-state index contributed by atoms with van der Waals surface area (Å²) in [5, 5.41) is 31.1. The fourth-order valence-corrected chi connectivity index (χ4v) is 3.13. The summed E-state index contributed by atoms with van der Waals surface area (Å²) in [6.07, 6.45) is 0. The Kier molecular flexibility index (Phi) is 4.72. The van der Waals surface area contributed by atoms with Crippen molar-refractivity contribution in [1.82, 2.24) is 30.4 Å². The molecule has 0 radical (unpaired) electrons. The Hall–Kier alpha value is -2.82. The molecule has 0 aliphatic carbocycles. The summed E-state index contributed by atoms with van der Waals surface area (Å²) in [4.78, 5) is 10.3. The van der Waals surface area contributed by atoms with Gasteiger partial charge in [-0.3, -0.25) is 10.1 Å². The molecule has 3 rings (SSSR count). The Labute approximate surface area is 153 Å². The highest BCUT2D eigenvalue weighted by atomic mass is 32.2. The highest BCUT2D eigenvalue weighted by Crippen LogP contribution is 2.35. The summed E-state index contributed by atoms with van der Waals surface area (Å²) in [5.41, 5.74) is 0.377. The third-order valence-corrected chi connectivity index (χ3v) is 4.49. The zero-order valence-corrected chi connectivity index (χ0v) is 15.5. The van der Waals surface area contributed by atoms with E-state index in [1.807, 2.05) is 27.7 Å². The third kappa shape index (κ3) is 3.72. The van der Waals surface area contributed by atoms with Gasteiger partial charge in [0.2, 0.25) is 16.9 Å². The highest BCUT2D eigenvalue weighted by Gasteiger charge is 2.24. The average molecular weight is 375 g/mol. The second kappa shape index (κ2) is 6.83. The molecule has 3 aromatic rings. The fourth-order valence-electron chi connectivity index (χ4n) is 2.12. The van der Waals surface area contributed by atoms with E-state index in [0.717, 1.165) is 0 Å². The van der Waals surface area contributed by atoms with E-state index < -0.39 is 4.92 Å². The second-order valence-electron chi connectivity index (χ2n) is 6.55. The van der Waals surface area contributed by atoms with Crippen LogP contribution in [0.25, 0.3) is 11.5 Å². The highest BCUT2D eigenvalue weighted by molar-refractivity contribution is 7.99. The molecule has 11 heteroatoms. The first kappa shape index (κ1) is 18.0. The summed E-state index contributed by atoms with van der Waals surface area (Å²) >= 11 is 1.41. The second-order valence-corrected chi connectivity index (χ2v) is 7.86. The number of aromatic nitrogens is 6. The van der Waals surface area contributed by atoms with Gasteiger partial charge in [0, 0.05) is 17.7 Å². The van der Waals surface area contributed by atoms with Gasteiger partial charge in [-0.1, -0.05) is 11.8 Å². The van der Waals surface area contributed by atoms with Crippen LogP contribution in [0, 0.1) is 10.1 Å². The van der Waals surface area contributed by atoms with Crippen molar-refractivity contribution >= 4 is 17.4 Å². The molecule has 26 heavy (non-hydrogen) atoms. The third-order valence-electron chi connectivity index (χ3n) is 3.47.